The van der Waals surface area contributed by atoms with E-state index in [1.165, 1.54) is 0 Å². The first-order valence-corrected chi connectivity index (χ1v) is 5.40. The minimum Gasteiger partial charge on any atom is -0.465 e. The molecule has 13 heavy (non-hydrogen) atoms. The number of benzene rings is 1. The molecule has 0 fully saturated rings. The maximum Gasteiger partial charge on any atom is 0.409 e. The van der Waals surface area contributed by atoms with E-state index < -0.39 is 6.09 Å². The molecule has 0 heterocycles. The third-order valence-electron chi connectivity index (χ3n) is 1.24. The molecule has 0 bridgehead atoms. The lowest BCUT2D eigenvalue weighted by Crippen LogP contribution is -2.07. The van der Waals surface area contributed by atoms with Gasteiger partial charge in [-0.15, -0.1) is 0 Å². The molecule has 3 nitrogen and oxygen atoms in total. The van der Waals surface area contributed by atoms with Crippen molar-refractivity contribution in [3.05, 3.63) is 25.2 Å². The number of amides is 1. The molecule has 6 heteroatoms. The lowest BCUT2D eigenvalue weighted by Gasteiger charge is -2.04. The van der Waals surface area contributed by atoms with Gasteiger partial charge in [-0.2, -0.15) is 0 Å². The lowest BCUT2D eigenvalue weighted by atomic mass is 10.3. The average molecular weight is 376 g/mol. The normalized spacial score (nSPS) is 9.77. The molecule has 1 aromatic rings. The van der Waals surface area contributed by atoms with Crippen LogP contribution in [-0.4, -0.2) is 11.2 Å². The number of rotatable bonds is 1. The van der Waals surface area contributed by atoms with Crippen LogP contribution in [0.1, 0.15) is 0 Å². The third-order valence-corrected chi connectivity index (χ3v) is 4.38. The molecule has 0 spiro atoms. The highest BCUT2D eigenvalue weighted by Gasteiger charge is 2.06. The maximum atomic E-state index is 10.3. The van der Waals surface area contributed by atoms with Gasteiger partial charge in [0.1, 0.15) is 0 Å². The Hall–Kier alpha value is -0.0100. The van der Waals surface area contributed by atoms with Gasteiger partial charge in [-0.25, -0.2) is 4.79 Å². The second-order valence-electron chi connectivity index (χ2n) is 2.18. The van der Waals surface area contributed by atoms with E-state index in [4.69, 9.17) is 16.7 Å². The van der Waals surface area contributed by atoms with E-state index >= 15 is 0 Å². The molecule has 70 valence electrons. The number of hydrogen-bond acceptors (Lipinski definition) is 1. The summed E-state index contributed by atoms with van der Waals surface area (Å²) in [5, 5.41) is 11.2. The molecule has 0 aromatic heterocycles. The Labute approximate surface area is 102 Å². The predicted octanol–water partition coefficient (Wildman–Crippen LogP) is 3.80. The van der Waals surface area contributed by atoms with E-state index in [9.17, 15) is 4.79 Å². The van der Waals surface area contributed by atoms with Gasteiger partial charge < -0.3 is 5.11 Å². The zero-order valence-corrected chi connectivity index (χ0v) is 10.6. The number of hydrogen-bond donors (Lipinski definition) is 2. The molecule has 1 amide bonds. The number of carboxylic acid groups (broad SMARTS) is 1. The minimum absolute atomic E-state index is 0.449. The van der Waals surface area contributed by atoms with Gasteiger partial charge in [-0.05, 0) is 50.7 Å². The van der Waals surface area contributed by atoms with Crippen LogP contribution in [-0.2, 0) is 0 Å². The Bertz CT molecular complexity index is 335. The van der Waals surface area contributed by atoms with Crippen molar-refractivity contribution in [2.75, 3.05) is 5.32 Å². The van der Waals surface area contributed by atoms with Gasteiger partial charge in [0.05, 0.1) is 5.02 Å². The van der Waals surface area contributed by atoms with Gasteiger partial charge in [0.25, 0.3) is 0 Å². The van der Waals surface area contributed by atoms with E-state index in [0.717, 1.165) is 8.04 Å². The van der Waals surface area contributed by atoms with E-state index in [2.05, 4.69) is 43.8 Å². The fourth-order valence-electron chi connectivity index (χ4n) is 0.751. The summed E-state index contributed by atoms with van der Waals surface area (Å²) in [6.45, 7) is 0. The number of carbonyl (C=O) groups is 1. The third kappa shape index (κ3) is 2.99. The standard InChI is InChI=1S/C7H4BrClINO2/c8-4-1-3(11-7(12)13)2-5(9)6(4)10/h1-2,11H,(H,12,13). The van der Waals surface area contributed by atoms with Crippen LogP contribution < -0.4 is 5.32 Å². The molecular formula is C7H4BrClINO2. The molecule has 0 saturated heterocycles. The van der Waals surface area contributed by atoms with Gasteiger partial charge in [-0.1, -0.05) is 11.6 Å². The van der Waals surface area contributed by atoms with Crippen LogP contribution in [0.2, 0.25) is 5.02 Å². The average Bonchev–Trinajstić information content (AvgIpc) is 1.98. The van der Waals surface area contributed by atoms with Crippen molar-refractivity contribution in [3.63, 3.8) is 0 Å². The zero-order valence-electron chi connectivity index (χ0n) is 6.14. The summed E-state index contributed by atoms with van der Waals surface area (Å²) in [4.78, 5) is 10.3. The summed E-state index contributed by atoms with van der Waals surface area (Å²) in [6.07, 6.45) is -1.11. The Morgan fingerprint density at radius 3 is 2.69 bits per heavy atom. The van der Waals surface area contributed by atoms with Crippen LogP contribution in [0.3, 0.4) is 0 Å². The second kappa shape index (κ2) is 4.47. The maximum absolute atomic E-state index is 10.3. The van der Waals surface area contributed by atoms with Crippen molar-refractivity contribution < 1.29 is 9.90 Å². The first kappa shape index (κ1) is 11.1. The summed E-state index contributed by atoms with van der Waals surface area (Å²) in [5.74, 6) is 0. The summed E-state index contributed by atoms with van der Waals surface area (Å²) in [6, 6.07) is 3.21. The van der Waals surface area contributed by atoms with Gasteiger partial charge in [0.2, 0.25) is 0 Å². The van der Waals surface area contributed by atoms with Crippen LogP contribution in [0, 0.1) is 3.57 Å². The molecule has 0 radical (unpaired) electrons. The monoisotopic (exact) mass is 375 g/mol. The Balaban J connectivity index is 3.06. The van der Waals surface area contributed by atoms with Crippen molar-refractivity contribution >= 4 is 61.9 Å². The zero-order chi connectivity index (χ0) is 10.0. The molecule has 2 N–H and O–H groups in total. The van der Waals surface area contributed by atoms with Gasteiger partial charge in [-0.3, -0.25) is 5.32 Å². The molecule has 1 rings (SSSR count). The predicted molar refractivity (Wildman–Crippen MR) is 63.5 cm³/mol. The lowest BCUT2D eigenvalue weighted by molar-refractivity contribution is 0.210. The number of halogens is 3. The molecule has 0 saturated carbocycles. The molecule has 0 aliphatic rings. The van der Waals surface area contributed by atoms with Crippen LogP contribution in [0.15, 0.2) is 16.6 Å². The molecule has 0 unspecified atom stereocenters. The molecular weight excluding hydrogens is 372 g/mol. The summed E-state index contributed by atoms with van der Waals surface area (Å²) in [7, 11) is 0. The van der Waals surface area contributed by atoms with Crippen molar-refractivity contribution in [1.82, 2.24) is 0 Å². The minimum atomic E-state index is -1.11. The van der Waals surface area contributed by atoms with E-state index in [-0.39, 0.29) is 0 Å². The first-order valence-electron chi connectivity index (χ1n) is 3.15. The quantitative estimate of drug-likeness (QED) is 0.579. The number of nitrogens with one attached hydrogen (secondary N) is 1. The van der Waals surface area contributed by atoms with Crippen LogP contribution in [0.4, 0.5) is 10.5 Å². The number of anilines is 1. The van der Waals surface area contributed by atoms with Crippen LogP contribution in [0.5, 0.6) is 0 Å². The fraction of sp³-hybridized carbons (Fsp3) is 0. The van der Waals surface area contributed by atoms with Gasteiger partial charge in [0.15, 0.2) is 0 Å². The van der Waals surface area contributed by atoms with Crippen molar-refractivity contribution in [2.24, 2.45) is 0 Å². The first-order chi connectivity index (χ1) is 6.00. The Kier molecular flexibility index (Phi) is 3.81. The van der Waals surface area contributed by atoms with Crippen LogP contribution in [0.25, 0.3) is 0 Å². The van der Waals surface area contributed by atoms with E-state index in [0.29, 0.717) is 10.7 Å². The molecule has 1 aromatic carbocycles. The Morgan fingerprint density at radius 1 is 1.62 bits per heavy atom. The molecule has 0 aliphatic heterocycles. The highest BCUT2D eigenvalue weighted by Crippen LogP contribution is 2.30. The smallest absolute Gasteiger partial charge is 0.409 e. The largest absolute Gasteiger partial charge is 0.465 e. The van der Waals surface area contributed by atoms with Crippen molar-refractivity contribution in [1.29, 1.82) is 0 Å². The van der Waals surface area contributed by atoms with Crippen molar-refractivity contribution in [2.45, 2.75) is 0 Å². The summed E-state index contributed by atoms with van der Waals surface area (Å²) in [5.41, 5.74) is 0.449. The van der Waals surface area contributed by atoms with E-state index in [1.54, 1.807) is 12.1 Å². The summed E-state index contributed by atoms with van der Waals surface area (Å²) >= 11 is 11.2. The topological polar surface area (TPSA) is 49.3 Å². The van der Waals surface area contributed by atoms with Crippen molar-refractivity contribution in [3.8, 4) is 0 Å². The highest BCUT2D eigenvalue weighted by atomic mass is 127. The van der Waals surface area contributed by atoms with Gasteiger partial charge >= 0.3 is 6.09 Å². The summed E-state index contributed by atoms with van der Waals surface area (Å²) < 4.78 is 1.62. The fourth-order valence-corrected chi connectivity index (χ4v) is 1.86. The van der Waals surface area contributed by atoms with Gasteiger partial charge in [0, 0.05) is 13.7 Å². The Morgan fingerprint density at radius 2 is 2.23 bits per heavy atom. The molecule has 0 atom stereocenters. The molecule has 0 aliphatic carbocycles. The SMILES string of the molecule is O=C(O)Nc1cc(Cl)c(I)c(Br)c1. The van der Waals surface area contributed by atoms with E-state index in [1.807, 2.05) is 0 Å². The highest BCUT2D eigenvalue weighted by molar-refractivity contribution is 14.1. The van der Waals surface area contributed by atoms with Crippen LogP contribution >= 0.6 is 50.1 Å². The second-order valence-corrected chi connectivity index (χ2v) is 4.52.